The first kappa shape index (κ1) is 14.8. The summed E-state index contributed by atoms with van der Waals surface area (Å²) in [5, 5.41) is 5.88. The summed E-state index contributed by atoms with van der Waals surface area (Å²) < 4.78 is 28.0. The van der Waals surface area contributed by atoms with Crippen LogP contribution in [0.15, 0.2) is 0 Å². The van der Waals surface area contributed by atoms with E-state index in [0.29, 0.717) is 31.5 Å². The van der Waals surface area contributed by atoms with E-state index in [1.54, 1.807) is 7.05 Å². The van der Waals surface area contributed by atoms with Gasteiger partial charge in [0, 0.05) is 13.6 Å². The molecule has 2 N–H and O–H groups in total. The molecule has 1 aromatic heterocycles. The number of nitrogens with one attached hydrogen (secondary N) is 2. The first-order chi connectivity index (χ1) is 9.52. The van der Waals surface area contributed by atoms with Gasteiger partial charge in [0.05, 0.1) is 18.1 Å². The Morgan fingerprint density at radius 3 is 2.65 bits per heavy atom. The maximum atomic E-state index is 11.4. The van der Waals surface area contributed by atoms with E-state index in [1.807, 2.05) is 6.92 Å². The van der Waals surface area contributed by atoms with Crippen LogP contribution < -0.4 is 15.4 Å². The Labute approximate surface area is 118 Å². The van der Waals surface area contributed by atoms with Gasteiger partial charge in [-0.2, -0.15) is 15.0 Å². The van der Waals surface area contributed by atoms with Crippen molar-refractivity contribution in [1.82, 2.24) is 15.0 Å². The Morgan fingerprint density at radius 2 is 2.05 bits per heavy atom. The minimum absolute atomic E-state index is 0.102. The van der Waals surface area contributed by atoms with Crippen LogP contribution in [-0.4, -0.2) is 55.1 Å². The van der Waals surface area contributed by atoms with Gasteiger partial charge in [-0.15, -0.1) is 0 Å². The van der Waals surface area contributed by atoms with Crippen molar-refractivity contribution in [1.29, 1.82) is 0 Å². The van der Waals surface area contributed by atoms with Gasteiger partial charge in [0.25, 0.3) is 0 Å². The van der Waals surface area contributed by atoms with Gasteiger partial charge in [-0.3, -0.25) is 0 Å². The van der Waals surface area contributed by atoms with E-state index in [-0.39, 0.29) is 23.4 Å². The third-order valence-corrected chi connectivity index (χ3v) is 4.82. The summed E-state index contributed by atoms with van der Waals surface area (Å²) >= 11 is 0. The highest BCUT2D eigenvalue weighted by atomic mass is 32.2. The largest absolute Gasteiger partial charge is 0.464 e. The number of hydrogen-bond donors (Lipinski definition) is 2. The summed E-state index contributed by atoms with van der Waals surface area (Å²) in [7, 11) is -1.15. The van der Waals surface area contributed by atoms with E-state index in [1.165, 1.54) is 0 Å². The standard InChI is InChI=1S/C11H19N5O3S/c1-3-19-11-15-9(12-2)14-10(16-11)13-6-8-4-5-20(17,18)7-8/h8H,3-7H2,1-2H3,(H2,12,13,14,15,16). The van der Waals surface area contributed by atoms with Crippen molar-refractivity contribution in [3.8, 4) is 6.01 Å². The maximum absolute atomic E-state index is 11.4. The van der Waals surface area contributed by atoms with Crippen LogP contribution in [-0.2, 0) is 9.84 Å². The lowest BCUT2D eigenvalue weighted by Crippen LogP contribution is -2.18. The summed E-state index contributed by atoms with van der Waals surface area (Å²) in [6.07, 6.45) is 0.678. The van der Waals surface area contributed by atoms with E-state index in [0.717, 1.165) is 0 Å². The van der Waals surface area contributed by atoms with Crippen molar-refractivity contribution in [2.45, 2.75) is 13.3 Å². The van der Waals surface area contributed by atoms with Crippen LogP contribution in [0.2, 0.25) is 0 Å². The third-order valence-electron chi connectivity index (χ3n) is 2.99. The Balaban J connectivity index is 2.00. The Kier molecular flexibility index (Phi) is 4.58. The Bertz CT molecular complexity index is 563. The van der Waals surface area contributed by atoms with Crippen molar-refractivity contribution in [2.24, 2.45) is 5.92 Å². The van der Waals surface area contributed by atoms with Crippen molar-refractivity contribution in [2.75, 3.05) is 42.3 Å². The summed E-state index contributed by atoms with van der Waals surface area (Å²) in [5.74, 6) is 1.39. The van der Waals surface area contributed by atoms with Gasteiger partial charge in [0.15, 0.2) is 9.84 Å². The first-order valence-electron chi connectivity index (χ1n) is 6.53. The van der Waals surface area contributed by atoms with Gasteiger partial charge < -0.3 is 15.4 Å². The highest BCUT2D eigenvalue weighted by molar-refractivity contribution is 7.91. The van der Waals surface area contributed by atoms with Gasteiger partial charge >= 0.3 is 6.01 Å². The minimum Gasteiger partial charge on any atom is -0.464 e. The second-order valence-corrected chi connectivity index (χ2v) is 6.83. The molecule has 1 atom stereocenters. The fourth-order valence-corrected chi connectivity index (χ4v) is 3.87. The van der Waals surface area contributed by atoms with Crippen molar-refractivity contribution in [3.63, 3.8) is 0 Å². The fourth-order valence-electron chi connectivity index (χ4n) is 2.01. The van der Waals surface area contributed by atoms with Crippen molar-refractivity contribution < 1.29 is 13.2 Å². The predicted molar refractivity (Wildman–Crippen MR) is 75.8 cm³/mol. The average molecular weight is 301 g/mol. The lowest BCUT2D eigenvalue weighted by molar-refractivity contribution is 0.312. The maximum Gasteiger partial charge on any atom is 0.323 e. The molecule has 2 rings (SSSR count). The molecule has 0 aromatic carbocycles. The lowest BCUT2D eigenvalue weighted by Gasteiger charge is -2.11. The molecule has 1 unspecified atom stereocenters. The second-order valence-electron chi connectivity index (χ2n) is 4.60. The number of anilines is 2. The molecule has 2 heterocycles. The quantitative estimate of drug-likeness (QED) is 0.765. The molecular weight excluding hydrogens is 282 g/mol. The summed E-state index contributed by atoms with van der Waals surface area (Å²) in [6.45, 7) is 2.84. The lowest BCUT2D eigenvalue weighted by atomic mass is 10.1. The van der Waals surface area contributed by atoms with Crippen molar-refractivity contribution in [3.05, 3.63) is 0 Å². The van der Waals surface area contributed by atoms with Crippen LogP contribution in [0.1, 0.15) is 13.3 Å². The highest BCUT2D eigenvalue weighted by Crippen LogP contribution is 2.19. The molecule has 112 valence electrons. The summed E-state index contributed by atoms with van der Waals surface area (Å²) in [6, 6.07) is 0.244. The number of rotatable bonds is 6. The van der Waals surface area contributed by atoms with Crippen LogP contribution >= 0.6 is 0 Å². The minimum atomic E-state index is -2.86. The molecular formula is C11H19N5O3S. The summed E-state index contributed by atoms with van der Waals surface area (Å²) in [5.41, 5.74) is 0. The predicted octanol–water partition coefficient (Wildman–Crippen LogP) is 0.159. The molecule has 0 saturated carbocycles. The van der Waals surface area contributed by atoms with Crippen LogP contribution in [0, 0.1) is 5.92 Å². The molecule has 9 heteroatoms. The van der Waals surface area contributed by atoms with Crippen LogP contribution in [0.3, 0.4) is 0 Å². The second kappa shape index (κ2) is 6.21. The first-order valence-corrected chi connectivity index (χ1v) is 8.35. The van der Waals surface area contributed by atoms with Gasteiger partial charge in [0.1, 0.15) is 0 Å². The third kappa shape index (κ3) is 3.92. The van der Waals surface area contributed by atoms with Crippen LogP contribution in [0.25, 0.3) is 0 Å². The van der Waals surface area contributed by atoms with E-state index in [9.17, 15) is 8.42 Å². The summed E-state index contributed by atoms with van der Waals surface area (Å²) in [4.78, 5) is 12.3. The zero-order valence-corrected chi connectivity index (χ0v) is 12.4. The van der Waals surface area contributed by atoms with E-state index < -0.39 is 9.84 Å². The van der Waals surface area contributed by atoms with Gasteiger partial charge in [-0.05, 0) is 19.3 Å². The van der Waals surface area contributed by atoms with Crippen LogP contribution in [0.5, 0.6) is 6.01 Å². The number of aromatic nitrogens is 3. The molecule has 1 fully saturated rings. The topological polar surface area (TPSA) is 106 Å². The molecule has 0 bridgehead atoms. The highest BCUT2D eigenvalue weighted by Gasteiger charge is 2.27. The Hall–Kier alpha value is -1.64. The molecule has 8 nitrogen and oxygen atoms in total. The molecule has 0 amide bonds. The molecule has 1 aliphatic heterocycles. The van der Waals surface area contributed by atoms with Gasteiger partial charge in [-0.25, -0.2) is 8.42 Å². The smallest absolute Gasteiger partial charge is 0.323 e. The number of sulfone groups is 1. The van der Waals surface area contributed by atoms with Crippen LogP contribution in [0.4, 0.5) is 11.9 Å². The fraction of sp³-hybridized carbons (Fsp3) is 0.727. The zero-order chi connectivity index (χ0) is 14.6. The molecule has 0 aliphatic carbocycles. The number of hydrogen-bond acceptors (Lipinski definition) is 8. The number of ether oxygens (including phenoxy) is 1. The SMILES string of the molecule is CCOc1nc(NC)nc(NCC2CCS(=O)(=O)C2)n1. The molecule has 0 spiro atoms. The molecule has 0 radical (unpaired) electrons. The molecule has 1 saturated heterocycles. The zero-order valence-electron chi connectivity index (χ0n) is 11.6. The van der Waals surface area contributed by atoms with E-state index in [4.69, 9.17) is 4.74 Å². The molecule has 20 heavy (non-hydrogen) atoms. The Morgan fingerprint density at radius 1 is 1.30 bits per heavy atom. The normalized spacial score (nSPS) is 20.6. The van der Waals surface area contributed by atoms with E-state index in [2.05, 4.69) is 25.6 Å². The number of nitrogens with zero attached hydrogens (tertiary/aromatic N) is 3. The van der Waals surface area contributed by atoms with Crippen molar-refractivity contribution >= 4 is 21.7 Å². The monoisotopic (exact) mass is 301 g/mol. The molecule has 1 aliphatic rings. The molecule has 1 aromatic rings. The van der Waals surface area contributed by atoms with Gasteiger partial charge in [0.2, 0.25) is 11.9 Å². The van der Waals surface area contributed by atoms with Gasteiger partial charge in [-0.1, -0.05) is 0 Å². The van der Waals surface area contributed by atoms with E-state index >= 15 is 0 Å². The average Bonchev–Trinajstić information content (AvgIpc) is 2.76.